The van der Waals surface area contributed by atoms with Crippen molar-refractivity contribution in [3.05, 3.63) is 59.9 Å². The summed E-state index contributed by atoms with van der Waals surface area (Å²) in [7, 11) is -0.321. The second kappa shape index (κ2) is 8.15. The number of hydrogen-bond acceptors (Lipinski definition) is 4. The predicted molar refractivity (Wildman–Crippen MR) is 91.8 cm³/mol. The van der Waals surface area contributed by atoms with Crippen molar-refractivity contribution in [2.45, 2.75) is 17.6 Å². The Bertz CT molecular complexity index is 807. The molecular formula is C17H20F3N3O2S. The molecule has 0 unspecified atom stereocenters. The molecule has 0 atom stereocenters. The topological polar surface area (TPSA) is 53.5 Å². The monoisotopic (exact) mass is 387 g/mol. The molecule has 0 amide bonds. The zero-order valence-corrected chi connectivity index (χ0v) is 15.3. The van der Waals surface area contributed by atoms with Gasteiger partial charge in [-0.3, -0.25) is 4.98 Å². The second-order valence-electron chi connectivity index (χ2n) is 6.03. The molecule has 1 aromatic carbocycles. The maximum absolute atomic E-state index is 12.9. The Morgan fingerprint density at radius 3 is 2.19 bits per heavy atom. The molecule has 0 fully saturated rings. The Morgan fingerprint density at radius 2 is 1.69 bits per heavy atom. The highest BCUT2D eigenvalue weighted by Crippen LogP contribution is 2.30. The van der Waals surface area contributed by atoms with E-state index in [0.717, 1.165) is 24.3 Å². The van der Waals surface area contributed by atoms with Gasteiger partial charge in [-0.1, -0.05) is 6.07 Å². The summed E-state index contributed by atoms with van der Waals surface area (Å²) in [4.78, 5) is 5.63. The molecule has 0 N–H and O–H groups in total. The van der Waals surface area contributed by atoms with E-state index in [4.69, 9.17) is 0 Å². The Labute approximate surface area is 151 Å². The maximum Gasteiger partial charge on any atom is 0.416 e. The zero-order valence-electron chi connectivity index (χ0n) is 14.4. The Kier molecular flexibility index (Phi) is 6.38. The fourth-order valence-electron chi connectivity index (χ4n) is 2.26. The lowest BCUT2D eigenvalue weighted by atomic mass is 10.2. The van der Waals surface area contributed by atoms with E-state index in [1.165, 1.54) is 4.31 Å². The first kappa shape index (κ1) is 20.3. The van der Waals surface area contributed by atoms with Crippen LogP contribution in [0, 0.1) is 0 Å². The van der Waals surface area contributed by atoms with Gasteiger partial charge in [-0.25, -0.2) is 8.42 Å². The molecule has 2 aromatic rings. The Morgan fingerprint density at radius 1 is 1.04 bits per heavy atom. The van der Waals surface area contributed by atoms with Crippen molar-refractivity contribution in [1.29, 1.82) is 0 Å². The summed E-state index contributed by atoms with van der Waals surface area (Å²) in [5.41, 5.74) is -0.190. The van der Waals surface area contributed by atoms with E-state index in [1.807, 2.05) is 19.0 Å². The van der Waals surface area contributed by atoms with Gasteiger partial charge in [0.25, 0.3) is 0 Å². The summed E-state index contributed by atoms with van der Waals surface area (Å²) in [6, 6.07) is 6.98. The van der Waals surface area contributed by atoms with Gasteiger partial charge in [0.05, 0.1) is 10.5 Å². The SMILES string of the molecule is CN(C)CCN(Cc1cccnc1)S(=O)(=O)c1ccc(C(F)(F)F)cc1. The lowest BCUT2D eigenvalue weighted by Gasteiger charge is -2.24. The molecular weight excluding hydrogens is 367 g/mol. The van der Waals surface area contributed by atoms with Gasteiger partial charge >= 0.3 is 6.18 Å². The molecule has 0 aliphatic carbocycles. The van der Waals surface area contributed by atoms with Crippen molar-refractivity contribution in [3.8, 4) is 0 Å². The van der Waals surface area contributed by atoms with Crippen LogP contribution in [0.3, 0.4) is 0 Å². The van der Waals surface area contributed by atoms with E-state index in [9.17, 15) is 21.6 Å². The second-order valence-corrected chi connectivity index (χ2v) is 7.96. The number of rotatable bonds is 7. The minimum atomic E-state index is -4.51. The van der Waals surface area contributed by atoms with Crippen molar-refractivity contribution in [3.63, 3.8) is 0 Å². The molecule has 1 heterocycles. The lowest BCUT2D eigenvalue weighted by Crippen LogP contribution is -2.36. The number of hydrogen-bond donors (Lipinski definition) is 0. The van der Waals surface area contributed by atoms with Gasteiger partial charge < -0.3 is 4.90 Å². The normalized spacial score (nSPS) is 12.7. The van der Waals surface area contributed by atoms with Gasteiger partial charge in [0.15, 0.2) is 0 Å². The van der Waals surface area contributed by atoms with Crippen LogP contribution in [-0.4, -0.2) is 49.8 Å². The van der Waals surface area contributed by atoms with Gasteiger partial charge in [-0.15, -0.1) is 0 Å². The number of pyridine rings is 1. The van der Waals surface area contributed by atoms with Crippen molar-refractivity contribution < 1.29 is 21.6 Å². The number of alkyl halides is 3. The minimum absolute atomic E-state index is 0.0883. The van der Waals surface area contributed by atoms with Crippen molar-refractivity contribution in [1.82, 2.24) is 14.2 Å². The summed E-state index contributed by atoms with van der Waals surface area (Å²) in [6.45, 7) is 0.760. The predicted octanol–water partition coefficient (Wildman–Crippen LogP) is 2.85. The molecule has 0 spiro atoms. The van der Waals surface area contributed by atoms with Crippen molar-refractivity contribution in [2.75, 3.05) is 27.2 Å². The summed E-state index contributed by atoms with van der Waals surface area (Å²) >= 11 is 0. The molecule has 0 aliphatic rings. The van der Waals surface area contributed by atoms with Crippen LogP contribution < -0.4 is 0 Å². The first-order valence-electron chi connectivity index (χ1n) is 7.82. The van der Waals surface area contributed by atoms with E-state index in [1.54, 1.807) is 24.5 Å². The molecule has 0 aliphatic heterocycles. The molecule has 9 heteroatoms. The van der Waals surface area contributed by atoms with Crippen LogP contribution >= 0.6 is 0 Å². The largest absolute Gasteiger partial charge is 0.416 e. The highest BCUT2D eigenvalue weighted by molar-refractivity contribution is 7.89. The molecule has 142 valence electrons. The third kappa shape index (κ3) is 5.26. The molecule has 1 aromatic heterocycles. The number of likely N-dealkylation sites (N-methyl/N-ethyl adjacent to an activating group) is 1. The first-order valence-corrected chi connectivity index (χ1v) is 9.26. The number of sulfonamides is 1. The zero-order chi connectivity index (χ0) is 19.4. The third-order valence-corrected chi connectivity index (χ3v) is 5.56. The van der Waals surface area contributed by atoms with Crippen LogP contribution in [0.25, 0.3) is 0 Å². The standard InChI is InChI=1S/C17H20F3N3O2S/c1-22(2)10-11-23(13-14-4-3-9-21-12-14)26(24,25)16-7-5-15(6-8-16)17(18,19)20/h3-9,12H,10-11,13H2,1-2H3. The van der Waals surface area contributed by atoms with Gasteiger partial charge in [-0.05, 0) is 50.0 Å². The van der Waals surface area contributed by atoms with Crippen molar-refractivity contribution in [2.24, 2.45) is 0 Å². The molecule has 0 radical (unpaired) electrons. The Hall–Kier alpha value is -1.97. The van der Waals surface area contributed by atoms with Gasteiger partial charge in [0.1, 0.15) is 0 Å². The van der Waals surface area contributed by atoms with E-state index in [0.29, 0.717) is 12.1 Å². The summed E-state index contributed by atoms with van der Waals surface area (Å²) < 4.78 is 65.2. The van der Waals surface area contributed by atoms with Crippen LogP contribution in [0.2, 0.25) is 0 Å². The molecule has 0 saturated heterocycles. The smallest absolute Gasteiger partial charge is 0.308 e. The molecule has 26 heavy (non-hydrogen) atoms. The number of aromatic nitrogens is 1. The maximum atomic E-state index is 12.9. The average Bonchev–Trinajstić information content (AvgIpc) is 2.58. The van der Waals surface area contributed by atoms with Crippen LogP contribution in [0.1, 0.15) is 11.1 Å². The fraction of sp³-hybridized carbons (Fsp3) is 0.353. The highest BCUT2D eigenvalue weighted by atomic mass is 32.2. The van der Waals surface area contributed by atoms with E-state index < -0.39 is 21.8 Å². The van der Waals surface area contributed by atoms with Crippen LogP contribution in [-0.2, 0) is 22.7 Å². The number of benzene rings is 1. The number of nitrogens with zero attached hydrogens (tertiary/aromatic N) is 3. The minimum Gasteiger partial charge on any atom is -0.308 e. The van der Waals surface area contributed by atoms with Crippen LogP contribution in [0.5, 0.6) is 0 Å². The Balaban J connectivity index is 2.31. The molecule has 0 saturated carbocycles. The molecule has 0 bridgehead atoms. The van der Waals surface area contributed by atoms with Crippen LogP contribution in [0.4, 0.5) is 13.2 Å². The van der Waals surface area contributed by atoms with Gasteiger partial charge in [0.2, 0.25) is 10.0 Å². The summed E-state index contributed by atoms with van der Waals surface area (Å²) in [5, 5.41) is 0. The average molecular weight is 387 g/mol. The van der Waals surface area contributed by atoms with Gasteiger partial charge in [0, 0.05) is 32.0 Å². The molecule has 5 nitrogen and oxygen atoms in total. The quantitative estimate of drug-likeness (QED) is 0.733. The summed E-state index contributed by atoms with van der Waals surface area (Å²) in [5.74, 6) is 0. The number of halogens is 3. The lowest BCUT2D eigenvalue weighted by molar-refractivity contribution is -0.137. The highest BCUT2D eigenvalue weighted by Gasteiger charge is 2.31. The van der Waals surface area contributed by atoms with Crippen LogP contribution in [0.15, 0.2) is 53.7 Å². The summed E-state index contributed by atoms with van der Waals surface area (Å²) in [6.07, 6.45) is -1.37. The third-order valence-electron chi connectivity index (χ3n) is 3.70. The van der Waals surface area contributed by atoms with Crippen molar-refractivity contribution >= 4 is 10.0 Å². The fourth-order valence-corrected chi connectivity index (χ4v) is 3.68. The van der Waals surface area contributed by atoms with E-state index >= 15 is 0 Å². The van der Waals surface area contributed by atoms with E-state index in [2.05, 4.69) is 4.98 Å². The molecule has 2 rings (SSSR count). The van der Waals surface area contributed by atoms with Gasteiger partial charge in [-0.2, -0.15) is 17.5 Å². The first-order chi connectivity index (χ1) is 12.1. The van der Waals surface area contributed by atoms with E-state index in [-0.39, 0.29) is 18.0 Å².